The molecule has 100 valence electrons. The molecule has 0 bridgehead atoms. The number of hydrogen-bond donors (Lipinski definition) is 2. The number of carbonyl (C=O) groups excluding carboxylic acids is 1. The van der Waals surface area contributed by atoms with Gasteiger partial charge in [0.25, 0.3) is 0 Å². The summed E-state index contributed by atoms with van der Waals surface area (Å²) in [4.78, 5) is 11.9. The maximum atomic E-state index is 11.9. The molecule has 0 aromatic rings. The van der Waals surface area contributed by atoms with Crippen molar-refractivity contribution in [3.8, 4) is 0 Å². The molecule has 0 aliphatic carbocycles. The second-order valence-corrected chi connectivity index (χ2v) is 5.50. The van der Waals surface area contributed by atoms with E-state index in [9.17, 15) is 4.79 Å². The number of carbonyl (C=O) groups is 1. The van der Waals surface area contributed by atoms with E-state index in [4.69, 9.17) is 4.74 Å². The average Bonchev–Trinajstić information content (AvgIpc) is 2.78. The number of hydrogen-bond acceptors (Lipinski definition) is 3. The van der Waals surface area contributed by atoms with Gasteiger partial charge in [0.2, 0.25) is 5.91 Å². The zero-order chi connectivity index (χ0) is 12.9. The SMILES string of the molecule is CCC(C)(C)NC(=O)C(C)OCC1CCCN1. The summed E-state index contributed by atoms with van der Waals surface area (Å²) in [6.07, 6.45) is 2.89. The zero-order valence-corrected chi connectivity index (χ0v) is 11.5. The molecule has 1 saturated heterocycles. The first-order valence-electron chi connectivity index (χ1n) is 6.61. The Morgan fingerprint density at radius 1 is 1.59 bits per heavy atom. The topological polar surface area (TPSA) is 50.4 Å². The van der Waals surface area contributed by atoms with Gasteiger partial charge in [0.05, 0.1) is 6.61 Å². The number of rotatable bonds is 6. The molecular weight excluding hydrogens is 216 g/mol. The molecule has 4 nitrogen and oxygen atoms in total. The largest absolute Gasteiger partial charge is 0.367 e. The molecule has 1 heterocycles. The lowest BCUT2D eigenvalue weighted by molar-refractivity contribution is -0.133. The van der Waals surface area contributed by atoms with Crippen molar-refractivity contribution in [1.29, 1.82) is 0 Å². The Morgan fingerprint density at radius 2 is 2.29 bits per heavy atom. The van der Waals surface area contributed by atoms with Gasteiger partial charge in [-0.15, -0.1) is 0 Å². The Hall–Kier alpha value is -0.610. The minimum atomic E-state index is -0.372. The first-order chi connectivity index (χ1) is 7.94. The predicted molar refractivity (Wildman–Crippen MR) is 69.0 cm³/mol. The van der Waals surface area contributed by atoms with Crippen molar-refractivity contribution in [3.63, 3.8) is 0 Å². The van der Waals surface area contributed by atoms with Gasteiger partial charge in [0.15, 0.2) is 0 Å². The molecule has 1 aliphatic heterocycles. The Labute approximate surface area is 104 Å². The highest BCUT2D eigenvalue weighted by Crippen LogP contribution is 2.09. The van der Waals surface area contributed by atoms with E-state index in [1.54, 1.807) is 0 Å². The Morgan fingerprint density at radius 3 is 2.82 bits per heavy atom. The van der Waals surface area contributed by atoms with Gasteiger partial charge < -0.3 is 15.4 Å². The van der Waals surface area contributed by atoms with E-state index in [1.165, 1.54) is 6.42 Å². The second-order valence-electron chi connectivity index (χ2n) is 5.50. The van der Waals surface area contributed by atoms with E-state index < -0.39 is 0 Å². The third-order valence-corrected chi connectivity index (χ3v) is 3.42. The van der Waals surface area contributed by atoms with Gasteiger partial charge in [0, 0.05) is 11.6 Å². The zero-order valence-electron chi connectivity index (χ0n) is 11.5. The molecule has 1 fully saturated rings. The van der Waals surface area contributed by atoms with Crippen LogP contribution in [0, 0.1) is 0 Å². The van der Waals surface area contributed by atoms with Gasteiger partial charge in [0.1, 0.15) is 6.10 Å². The maximum Gasteiger partial charge on any atom is 0.249 e. The van der Waals surface area contributed by atoms with Crippen molar-refractivity contribution in [2.45, 2.75) is 64.6 Å². The third-order valence-electron chi connectivity index (χ3n) is 3.42. The summed E-state index contributed by atoms with van der Waals surface area (Å²) in [6.45, 7) is 9.62. The third kappa shape index (κ3) is 5.04. The first kappa shape index (κ1) is 14.5. The minimum absolute atomic E-state index is 0.0187. The van der Waals surface area contributed by atoms with Gasteiger partial charge in [-0.2, -0.15) is 0 Å². The molecule has 0 aromatic carbocycles. The molecule has 1 amide bonds. The van der Waals surface area contributed by atoms with E-state index in [0.717, 1.165) is 19.4 Å². The molecule has 1 rings (SSSR count). The van der Waals surface area contributed by atoms with Gasteiger partial charge in [-0.3, -0.25) is 4.79 Å². The highest BCUT2D eigenvalue weighted by atomic mass is 16.5. The molecule has 0 aromatic heterocycles. The standard InChI is InChI=1S/C13H26N2O2/c1-5-13(3,4)15-12(16)10(2)17-9-11-7-6-8-14-11/h10-11,14H,5-9H2,1-4H3,(H,15,16). The lowest BCUT2D eigenvalue weighted by atomic mass is 10.0. The summed E-state index contributed by atoms with van der Waals surface area (Å²) in [6, 6.07) is 0.421. The molecule has 2 atom stereocenters. The van der Waals surface area contributed by atoms with Crippen LogP contribution in [0.3, 0.4) is 0 Å². The molecule has 0 saturated carbocycles. The molecule has 1 aliphatic rings. The maximum absolute atomic E-state index is 11.9. The van der Waals surface area contributed by atoms with Crippen molar-refractivity contribution in [2.24, 2.45) is 0 Å². The second kappa shape index (κ2) is 6.36. The van der Waals surface area contributed by atoms with Crippen LogP contribution < -0.4 is 10.6 Å². The minimum Gasteiger partial charge on any atom is -0.367 e. The molecule has 2 N–H and O–H groups in total. The van der Waals surface area contributed by atoms with Gasteiger partial charge in [-0.25, -0.2) is 0 Å². The smallest absolute Gasteiger partial charge is 0.249 e. The van der Waals surface area contributed by atoms with Gasteiger partial charge >= 0.3 is 0 Å². The van der Waals surface area contributed by atoms with Crippen LogP contribution in [0.15, 0.2) is 0 Å². The van der Waals surface area contributed by atoms with Gasteiger partial charge in [-0.1, -0.05) is 6.92 Å². The van der Waals surface area contributed by atoms with Crippen LogP contribution in [0.5, 0.6) is 0 Å². The molecule has 0 radical (unpaired) electrons. The van der Waals surface area contributed by atoms with E-state index in [2.05, 4.69) is 17.6 Å². The number of nitrogens with one attached hydrogen (secondary N) is 2. The van der Waals surface area contributed by atoms with E-state index >= 15 is 0 Å². The van der Waals surface area contributed by atoms with E-state index in [0.29, 0.717) is 12.6 Å². The van der Waals surface area contributed by atoms with Crippen LogP contribution >= 0.6 is 0 Å². The lowest BCUT2D eigenvalue weighted by Gasteiger charge is -2.26. The molecule has 17 heavy (non-hydrogen) atoms. The summed E-state index contributed by atoms with van der Waals surface area (Å²) in [5, 5.41) is 6.35. The van der Waals surface area contributed by atoms with Crippen LogP contribution in [0.25, 0.3) is 0 Å². The number of ether oxygens (including phenoxy) is 1. The Balaban J connectivity index is 2.26. The first-order valence-corrected chi connectivity index (χ1v) is 6.61. The summed E-state index contributed by atoms with van der Waals surface area (Å²) >= 11 is 0. The highest BCUT2D eigenvalue weighted by Gasteiger charge is 2.23. The summed E-state index contributed by atoms with van der Waals surface area (Å²) in [7, 11) is 0. The fourth-order valence-electron chi connectivity index (χ4n) is 1.76. The van der Waals surface area contributed by atoms with Crippen LogP contribution in [0.4, 0.5) is 0 Å². The Kier molecular flexibility index (Phi) is 5.40. The van der Waals surface area contributed by atoms with E-state index in [-0.39, 0.29) is 17.6 Å². The van der Waals surface area contributed by atoms with Crippen LogP contribution in [0.2, 0.25) is 0 Å². The van der Waals surface area contributed by atoms with E-state index in [1.807, 2.05) is 20.8 Å². The van der Waals surface area contributed by atoms with Crippen LogP contribution in [-0.2, 0) is 9.53 Å². The lowest BCUT2D eigenvalue weighted by Crippen LogP contribution is -2.48. The molecule has 2 unspecified atom stereocenters. The molecular formula is C13H26N2O2. The van der Waals surface area contributed by atoms with Crippen molar-refractivity contribution in [1.82, 2.24) is 10.6 Å². The summed E-state index contributed by atoms with van der Waals surface area (Å²) in [5.41, 5.74) is -0.152. The summed E-state index contributed by atoms with van der Waals surface area (Å²) < 4.78 is 5.60. The van der Waals surface area contributed by atoms with Crippen molar-refractivity contribution >= 4 is 5.91 Å². The van der Waals surface area contributed by atoms with Crippen molar-refractivity contribution in [3.05, 3.63) is 0 Å². The van der Waals surface area contributed by atoms with Gasteiger partial charge in [-0.05, 0) is 46.6 Å². The van der Waals surface area contributed by atoms with Crippen LogP contribution in [0.1, 0.15) is 47.0 Å². The Bertz CT molecular complexity index is 248. The highest BCUT2D eigenvalue weighted by molar-refractivity contribution is 5.81. The number of amides is 1. The molecule has 0 spiro atoms. The monoisotopic (exact) mass is 242 g/mol. The fraction of sp³-hybridized carbons (Fsp3) is 0.923. The van der Waals surface area contributed by atoms with Crippen molar-refractivity contribution < 1.29 is 9.53 Å². The summed E-state index contributed by atoms with van der Waals surface area (Å²) in [5.74, 6) is -0.0187. The predicted octanol–water partition coefficient (Wildman–Crippen LogP) is 1.45. The average molecular weight is 242 g/mol. The molecule has 4 heteroatoms. The quantitative estimate of drug-likeness (QED) is 0.741. The normalized spacial score (nSPS) is 22.5. The van der Waals surface area contributed by atoms with Crippen LogP contribution in [-0.4, -0.2) is 36.7 Å². The van der Waals surface area contributed by atoms with Crippen molar-refractivity contribution in [2.75, 3.05) is 13.2 Å². The fourth-order valence-corrected chi connectivity index (χ4v) is 1.76.